The van der Waals surface area contributed by atoms with Gasteiger partial charge in [0, 0.05) is 6.04 Å². The van der Waals surface area contributed by atoms with Crippen molar-refractivity contribution in [2.45, 2.75) is 46.6 Å². The minimum atomic E-state index is -0.399. The zero-order chi connectivity index (χ0) is 17.2. The van der Waals surface area contributed by atoms with Crippen molar-refractivity contribution in [3.8, 4) is 11.5 Å². The molecule has 0 saturated heterocycles. The molecule has 5 heteroatoms. The number of ether oxygens (including phenoxy) is 2. The van der Waals surface area contributed by atoms with E-state index in [0.29, 0.717) is 24.5 Å². The van der Waals surface area contributed by atoms with Crippen LogP contribution in [0.2, 0.25) is 0 Å². The number of aromatic hydroxyl groups is 1. The normalized spacial score (nSPS) is 12.2. The number of esters is 1. The maximum atomic E-state index is 12.2. The molecule has 0 heterocycles. The molecule has 1 atom stereocenters. The Morgan fingerprint density at radius 3 is 2.57 bits per heavy atom. The second-order valence-electron chi connectivity index (χ2n) is 5.55. The van der Waals surface area contributed by atoms with Gasteiger partial charge in [0.1, 0.15) is 6.61 Å². The molecule has 1 N–H and O–H groups in total. The molecular formula is C18H29NO4. The molecule has 0 bridgehead atoms. The first-order chi connectivity index (χ1) is 11.0. The average molecular weight is 323 g/mol. The van der Waals surface area contributed by atoms with Gasteiger partial charge in [-0.1, -0.05) is 27.2 Å². The second kappa shape index (κ2) is 10.1. The standard InChI is InChI=1S/C18H29NO4/c1-5-8-11-22-17-12-15(9-10-16(17)20)18(21)23-13-14(4)19(6-2)7-3/h9-10,12,14,20H,5-8,11,13H2,1-4H3/t14-/m0/s1. The van der Waals surface area contributed by atoms with E-state index >= 15 is 0 Å². The summed E-state index contributed by atoms with van der Waals surface area (Å²) in [7, 11) is 0. The Morgan fingerprint density at radius 1 is 1.26 bits per heavy atom. The number of carbonyl (C=O) groups excluding carboxylic acids is 1. The number of hydrogen-bond donors (Lipinski definition) is 1. The SMILES string of the molecule is CCCCOc1cc(C(=O)OC[C@H](C)N(CC)CC)ccc1O. The van der Waals surface area contributed by atoms with E-state index < -0.39 is 5.97 Å². The van der Waals surface area contributed by atoms with Gasteiger partial charge in [0.05, 0.1) is 12.2 Å². The van der Waals surface area contributed by atoms with E-state index in [1.807, 2.05) is 6.92 Å². The van der Waals surface area contributed by atoms with Crippen LogP contribution in [-0.4, -0.2) is 48.3 Å². The molecule has 0 aliphatic heterocycles. The summed E-state index contributed by atoms with van der Waals surface area (Å²) >= 11 is 0. The summed E-state index contributed by atoms with van der Waals surface area (Å²) in [6.45, 7) is 11.0. The molecule has 130 valence electrons. The lowest BCUT2D eigenvalue weighted by Gasteiger charge is -2.25. The highest BCUT2D eigenvalue weighted by atomic mass is 16.5. The van der Waals surface area contributed by atoms with Crippen LogP contribution in [0.1, 0.15) is 50.9 Å². The van der Waals surface area contributed by atoms with Crippen LogP contribution >= 0.6 is 0 Å². The van der Waals surface area contributed by atoms with Gasteiger partial charge in [-0.05, 0) is 44.6 Å². The van der Waals surface area contributed by atoms with Crippen molar-refractivity contribution in [3.05, 3.63) is 23.8 Å². The van der Waals surface area contributed by atoms with Crippen molar-refractivity contribution in [3.63, 3.8) is 0 Å². The highest BCUT2D eigenvalue weighted by Gasteiger charge is 2.15. The van der Waals surface area contributed by atoms with Crippen molar-refractivity contribution in [2.24, 2.45) is 0 Å². The minimum Gasteiger partial charge on any atom is -0.504 e. The number of nitrogens with zero attached hydrogens (tertiary/aromatic N) is 1. The highest BCUT2D eigenvalue weighted by molar-refractivity contribution is 5.90. The molecule has 1 rings (SSSR count). The largest absolute Gasteiger partial charge is 0.504 e. The van der Waals surface area contributed by atoms with Crippen molar-refractivity contribution in [1.29, 1.82) is 0 Å². The van der Waals surface area contributed by atoms with Gasteiger partial charge in [-0.25, -0.2) is 4.79 Å². The van der Waals surface area contributed by atoms with Crippen LogP contribution in [0.25, 0.3) is 0 Å². The fourth-order valence-electron chi connectivity index (χ4n) is 2.32. The number of likely N-dealkylation sites (N-methyl/N-ethyl adjacent to an activating group) is 1. The van der Waals surface area contributed by atoms with Crippen molar-refractivity contribution < 1.29 is 19.4 Å². The fraction of sp³-hybridized carbons (Fsp3) is 0.611. The Morgan fingerprint density at radius 2 is 1.96 bits per heavy atom. The molecule has 0 aromatic heterocycles. The Kier molecular flexibility index (Phi) is 8.48. The molecule has 5 nitrogen and oxygen atoms in total. The minimum absolute atomic E-state index is 0.0363. The smallest absolute Gasteiger partial charge is 0.338 e. The summed E-state index contributed by atoms with van der Waals surface area (Å²) in [6, 6.07) is 4.72. The van der Waals surface area contributed by atoms with E-state index in [4.69, 9.17) is 9.47 Å². The van der Waals surface area contributed by atoms with Crippen LogP contribution in [0.15, 0.2) is 18.2 Å². The number of rotatable bonds is 10. The lowest BCUT2D eigenvalue weighted by molar-refractivity contribution is 0.0381. The number of hydrogen-bond acceptors (Lipinski definition) is 5. The predicted octanol–water partition coefficient (Wildman–Crippen LogP) is 3.46. The maximum Gasteiger partial charge on any atom is 0.338 e. The van der Waals surface area contributed by atoms with Gasteiger partial charge in [0.25, 0.3) is 0 Å². The summed E-state index contributed by atoms with van der Waals surface area (Å²) in [6.07, 6.45) is 1.90. The Hall–Kier alpha value is -1.75. The van der Waals surface area contributed by atoms with E-state index in [9.17, 15) is 9.90 Å². The summed E-state index contributed by atoms with van der Waals surface area (Å²) in [5.74, 6) is -0.0387. The van der Waals surface area contributed by atoms with E-state index in [0.717, 1.165) is 25.9 Å². The van der Waals surface area contributed by atoms with Crippen LogP contribution in [0.5, 0.6) is 11.5 Å². The first-order valence-corrected chi connectivity index (χ1v) is 8.40. The fourth-order valence-corrected chi connectivity index (χ4v) is 2.32. The topological polar surface area (TPSA) is 59.0 Å². The van der Waals surface area contributed by atoms with Crippen LogP contribution in [0, 0.1) is 0 Å². The lowest BCUT2D eigenvalue weighted by atomic mass is 10.2. The summed E-state index contributed by atoms with van der Waals surface area (Å²) in [4.78, 5) is 14.4. The first-order valence-electron chi connectivity index (χ1n) is 8.40. The number of phenols is 1. The van der Waals surface area contributed by atoms with Gasteiger partial charge in [0.2, 0.25) is 0 Å². The molecule has 0 radical (unpaired) electrons. The summed E-state index contributed by atoms with van der Waals surface area (Å²) in [5.41, 5.74) is 0.390. The molecule has 0 aliphatic carbocycles. The van der Waals surface area contributed by atoms with Crippen LogP contribution in [-0.2, 0) is 4.74 Å². The van der Waals surface area contributed by atoms with Crippen molar-refractivity contribution in [2.75, 3.05) is 26.3 Å². The number of unbranched alkanes of at least 4 members (excludes halogenated alkanes) is 1. The third kappa shape index (κ3) is 6.10. The zero-order valence-electron chi connectivity index (χ0n) is 14.7. The van der Waals surface area contributed by atoms with E-state index in [-0.39, 0.29) is 11.8 Å². The molecule has 0 saturated carbocycles. The van der Waals surface area contributed by atoms with Gasteiger partial charge < -0.3 is 14.6 Å². The van der Waals surface area contributed by atoms with Gasteiger partial charge in [0.15, 0.2) is 11.5 Å². The van der Waals surface area contributed by atoms with E-state index in [1.54, 1.807) is 6.07 Å². The zero-order valence-corrected chi connectivity index (χ0v) is 14.7. The number of benzene rings is 1. The van der Waals surface area contributed by atoms with Gasteiger partial charge >= 0.3 is 5.97 Å². The van der Waals surface area contributed by atoms with Crippen LogP contribution in [0.3, 0.4) is 0 Å². The maximum absolute atomic E-state index is 12.2. The van der Waals surface area contributed by atoms with E-state index in [2.05, 4.69) is 25.7 Å². The highest BCUT2D eigenvalue weighted by Crippen LogP contribution is 2.27. The second-order valence-corrected chi connectivity index (χ2v) is 5.55. The molecule has 0 aliphatic rings. The Balaban J connectivity index is 2.63. The van der Waals surface area contributed by atoms with Crippen LogP contribution in [0.4, 0.5) is 0 Å². The molecule has 1 aromatic carbocycles. The Labute approximate surface area is 139 Å². The molecule has 1 aromatic rings. The predicted molar refractivity (Wildman–Crippen MR) is 91.2 cm³/mol. The lowest BCUT2D eigenvalue weighted by Crippen LogP contribution is -2.36. The van der Waals surface area contributed by atoms with Crippen LogP contribution < -0.4 is 4.74 Å². The Bertz CT molecular complexity index is 486. The third-order valence-corrected chi connectivity index (χ3v) is 3.84. The monoisotopic (exact) mass is 323 g/mol. The molecule has 0 spiro atoms. The molecule has 23 heavy (non-hydrogen) atoms. The summed E-state index contributed by atoms with van der Waals surface area (Å²) in [5, 5.41) is 9.79. The molecule has 0 amide bonds. The quantitative estimate of drug-likeness (QED) is 0.528. The molecule has 0 fully saturated rings. The number of carbonyl (C=O) groups is 1. The van der Waals surface area contributed by atoms with E-state index in [1.165, 1.54) is 12.1 Å². The first kappa shape index (κ1) is 19.3. The van der Waals surface area contributed by atoms with Crippen molar-refractivity contribution >= 4 is 5.97 Å². The average Bonchev–Trinajstić information content (AvgIpc) is 2.55. The molecular weight excluding hydrogens is 294 g/mol. The van der Waals surface area contributed by atoms with Gasteiger partial charge in [-0.15, -0.1) is 0 Å². The molecule has 0 unspecified atom stereocenters. The number of phenolic OH excluding ortho intramolecular Hbond substituents is 1. The van der Waals surface area contributed by atoms with Gasteiger partial charge in [-0.2, -0.15) is 0 Å². The van der Waals surface area contributed by atoms with Crippen molar-refractivity contribution in [1.82, 2.24) is 4.90 Å². The van der Waals surface area contributed by atoms with Gasteiger partial charge in [-0.3, -0.25) is 4.90 Å². The summed E-state index contributed by atoms with van der Waals surface area (Å²) < 4.78 is 10.9. The third-order valence-electron chi connectivity index (χ3n) is 3.84.